The molecule has 0 bridgehead atoms. The van der Waals surface area contributed by atoms with Gasteiger partial charge in [0, 0.05) is 61.2 Å². The van der Waals surface area contributed by atoms with Crippen LogP contribution in [0.2, 0.25) is 0 Å². The molecule has 0 aromatic carbocycles. The third-order valence-corrected chi connectivity index (χ3v) is 13.0. The predicted octanol–water partition coefficient (Wildman–Crippen LogP) is 0.452. The molecule has 2 saturated heterocycles. The van der Waals surface area contributed by atoms with Gasteiger partial charge >= 0.3 is 23.9 Å². The lowest BCUT2D eigenvalue weighted by atomic mass is 9.41. The summed E-state index contributed by atoms with van der Waals surface area (Å²) in [5.74, 6) is -9.67. The molecule has 13 nitrogen and oxygen atoms in total. The van der Waals surface area contributed by atoms with Crippen molar-refractivity contribution in [3.63, 3.8) is 0 Å². The summed E-state index contributed by atoms with van der Waals surface area (Å²) in [6, 6.07) is 0. The van der Waals surface area contributed by atoms with Gasteiger partial charge in [-0.3, -0.25) is 19.2 Å². The van der Waals surface area contributed by atoms with Crippen molar-refractivity contribution in [2.24, 2.45) is 58.2 Å². The molecule has 0 aromatic rings. The summed E-state index contributed by atoms with van der Waals surface area (Å²) in [4.78, 5) is 65.3. The number of ketones is 1. The van der Waals surface area contributed by atoms with Crippen LogP contribution in [0.25, 0.3) is 0 Å². The highest BCUT2D eigenvalue weighted by Gasteiger charge is 2.81. The van der Waals surface area contributed by atoms with Gasteiger partial charge in [-0.25, -0.2) is 4.79 Å². The summed E-state index contributed by atoms with van der Waals surface area (Å²) in [6.45, 7) is 10.4. The number of epoxide rings is 1. The molecule has 0 aromatic heterocycles. The number of carbonyl (C=O) groups excluding carboxylic acids is 5. The maximum absolute atomic E-state index is 14.3. The fourth-order valence-corrected chi connectivity index (χ4v) is 11.7. The van der Waals surface area contributed by atoms with Crippen molar-refractivity contribution in [1.82, 2.24) is 0 Å². The maximum atomic E-state index is 14.3. The summed E-state index contributed by atoms with van der Waals surface area (Å²) in [5.41, 5.74) is -4.54. The average molecular weight is 647 g/mol. The van der Waals surface area contributed by atoms with Crippen molar-refractivity contribution in [2.75, 3.05) is 0 Å². The summed E-state index contributed by atoms with van der Waals surface area (Å²) in [5, 5.41) is 36.1. The van der Waals surface area contributed by atoms with Crippen molar-refractivity contribution >= 4 is 29.7 Å². The van der Waals surface area contributed by atoms with Gasteiger partial charge in [0.15, 0.2) is 11.4 Å². The lowest BCUT2D eigenvalue weighted by Gasteiger charge is -2.64. The molecular formula is C33H42O13. The molecule has 2 heterocycles. The van der Waals surface area contributed by atoms with E-state index in [1.807, 2.05) is 6.92 Å². The topological polar surface area (TPSA) is 195 Å². The fourth-order valence-electron chi connectivity index (χ4n) is 11.7. The van der Waals surface area contributed by atoms with E-state index in [0.29, 0.717) is 0 Å². The number of hydrogen-bond donors (Lipinski definition) is 3. The zero-order chi connectivity index (χ0) is 33.6. The molecule has 6 fully saturated rings. The molecule has 5 aliphatic carbocycles. The van der Waals surface area contributed by atoms with Crippen LogP contribution in [-0.2, 0) is 47.7 Å². The van der Waals surface area contributed by atoms with E-state index in [9.17, 15) is 39.3 Å². The first-order valence-corrected chi connectivity index (χ1v) is 16.1. The third-order valence-electron chi connectivity index (χ3n) is 13.0. The lowest BCUT2D eigenvalue weighted by Crippen LogP contribution is -2.74. The maximum Gasteiger partial charge on any atom is 0.343 e. The average Bonchev–Trinajstić information content (AvgIpc) is 3.61. The summed E-state index contributed by atoms with van der Waals surface area (Å²) in [7, 11) is 0. The van der Waals surface area contributed by atoms with Crippen molar-refractivity contribution in [3.05, 3.63) is 11.8 Å². The number of aliphatic hydroxyl groups is 3. The normalized spacial score (nSPS) is 54.4. The van der Waals surface area contributed by atoms with Gasteiger partial charge in [0.1, 0.15) is 36.3 Å². The van der Waals surface area contributed by atoms with Crippen LogP contribution in [0, 0.1) is 58.2 Å². The van der Waals surface area contributed by atoms with Gasteiger partial charge in [0.05, 0.1) is 18.1 Å². The van der Waals surface area contributed by atoms with Crippen LogP contribution in [0.1, 0.15) is 54.9 Å². The Kier molecular flexibility index (Phi) is 6.78. The molecule has 7 aliphatic rings. The Hall–Kier alpha value is -2.87. The number of rotatable bonds is 3. The first-order valence-electron chi connectivity index (χ1n) is 16.1. The van der Waals surface area contributed by atoms with E-state index in [1.165, 1.54) is 27.7 Å². The number of aliphatic hydroxyl groups excluding tert-OH is 2. The molecule has 7 rings (SSSR count). The monoisotopic (exact) mass is 646 g/mol. The van der Waals surface area contributed by atoms with Gasteiger partial charge < -0.3 is 39.0 Å². The highest BCUT2D eigenvalue weighted by molar-refractivity contribution is 5.88. The van der Waals surface area contributed by atoms with Gasteiger partial charge in [0.25, 0.3) is 0 Å². The van der Waals surface area contributed by atoms with E-state index < -0.39 is 130 Å². The Morgan fingerprint density at radius 2 is 1.48 bits per heavy atom. The minimum absolute atomic E-state index is 0.232. The SMILES string of the molecule is CC(=O)O[C@H]1[C@H]2[C@H]([C@H](C)C=C3OC(=O)[C@@](C)(O)[C@@H]32)[C@@]2(C)[C@@H]1[C@H]1[C@H]([C@@H](O)[C@@H]2OC(C)=O)[C@@]2(C)[C@H](C[C@@H]3O[C@@H]3[C@@H]2OC(C)=O)C(=O)[C@@H]1O. The molecule has 0 radical (unpaired) electrons. The number of fused-ring (bicyclic) bond motifs is 10. The molecule has 2 aliphatic heterocycles. The molecule has 18 atom stereocenters. The van der Waals surface area contributed by atoms with Gasteiger partial charge in [-0.05, 0) is 31.3 Å². The Bertz CT molecular complexity index is 1450. The molecule has 3 N–H and O–H groups in total. The van der Waals surface area contributed by atoms with E-state index in [4.69, 9.17) is 23.7 Å². The minimum Gasteiger partial charge on any atom is -0.462 e. The summed E-state index contributed by atoms with van der Waals surface area (Å²) >= 11 is 0. The van der Waals surface area contributed by atoms with Crippen LogP contribution >= 0.6 is 0 Å². The zero-order valence-electron chi connectivity index (χ0n) is 26.9. The second-order valence-electron chi connectivity index (χ2n) is 15.3. The number of carbonyl (C=O) groups is 5. The van der Waals surface area contributed by atoms with Crippen LogP contribution in [0.4, 0.5) is 0 Å². The molecular weight excluding hydrogens is 604 g/mol. The van der Waals surface area contributed by atoms with Crippen molar-refractivity contribution in [2.45, 2.75) is 103 Å². The highest BCUT2D eigenvalue weighted by atomic mass is 16.6. The van der Waals surface area contributed by atoms with Crippen LogP contribution in [-0.4, -0.2) is 93.3 Å². The molecule has 13 heteroatoms. The molecule has 252 valence electrons. The van der Waals surface area contributed by atoms with E-state index in [1.54, 1.807) is 19.9 Å². The van der Waals surface area contributed by atoms with Gasteiger partial charge in [-0.2, -0.15) is 0 Å². The molecule has 0 spiro atoms. The minimum atomic E-state index is -2.01. The molecule has 46 heavy (non-hydrogen) atoms. The lowest BCUT2D eigenvalue weighted by molar-refractivity contribution is -0.268. The second kappa shape index (κ2) is 9.83. The first kappa shape index (κ1) is 31.7. The number of Topliss-reactive ketones (excluding diaryl/α,β-unsaturated/α-hetero) is 1. The van der Waals surface area contributed by atoms with Crippen molar-refractivity contribution in [1.29, 1.82) is 0 Å². The van der Waals surface area contributed by atoms with Crippen LogP contribution in [0.5, 0.6) is 0 Å². The second-order valence-corrected chi connectivity index (χ2v) is 15.3. The summed E-state index contributed by atoms with van der Waals surface area (Å²) in [6.07, 6.45) is -5.30. The van der Waals surface area contributed by atoms with Gasteiger partial charge in [-0.1, -0.05) is 20.8 Å². The third kappa shape index (κ3) is 3.85. The van der Waals surface area contributed by atoms with Crippen LogP contribution in [0.3, 0.4) is 0 Å². The van der Waals surface area contributed by atoms with Gasteiger partial charge in [0.2, 0.25) is 0 Å². The quantitative estimate of drug-likeness (QED) is 0.217. The van der Waals surface area contributed by atoms with E-state index in [2.05, 4.69) is 0 Å². The Morgan fingerprint density at radius 3 is 2.09 bits per heavy atom. The Balaban J connectivity index is 1.47. The van der Waals surface area contributed by atoms with E-state index >= 15 is 0 Å². The molecule has 0 amide bonds. The largest absolute Gasteiger partial charge is 0.462 e. The smallest absolute Gasteiger partial charge is 0.343 e. The number of esters is 4. The highest BCUT2D eigenvalue weighted by Crippen LogP contribution is 2.73. The number of ether oxygens (including phenoxy) is 5. The first-order chi connectivity index (χ1) is 21.4. The number of hydrogen-bond acceptors (Lipinski definition) is 13. The van der Waals surface area contributed by atoms with Crippen molar-refractivity contribution < 1.29 is 63.0 Å². The number of allylic oxidation sites excluding steroid dienone is 1. The van der Waals surface area contributed by atoms with Gasteiger partial charge in [-0.15, -0.1) is 0 Å². The Labute approximate surface area is 265 Å². The molecule has 4 saturated carbocycles. The van der Waals surface area contributed by atoms with Crippen LogP contribution < -0.4 is 0 Å². The van der Waals surface area contributed by atoms with Crippen molar-refractivity contribution in [3.8, 4) is 0 Å². The standard InChI is InChI=1S/C33H42O13/c1-10-8-15-20(33(7,41)30(40)46-15)18-19(10)32(6)22(27(18)42-11(2)34)17-21(25(39)28(32)43-12(3)35)31(5)14(23(37)24(17)38)9-16-26(45-16)29(31)44-13(4)36/h8,10,14,16-22,24-29,38-39,41H,9H2,1-7H3/t10-,14-,16+,17-,18+,19+,20+,21-,22-,24-,25-,26+,27+,28+,29+,31-,32+,33+/m1/s1. The summed E-state index contributed by atoms with van der Waals surface area (Å²) < 4.78 is 29.4. The van der Waals surface area contributed by atoms with Crippen LogP contribution in [0.15, 0.2) is 11.8 Å². The molecule has 0 unspecified atom stereocenters. The van der Waals surface area contributed by atoms with E-state index in [0.717, 1.165) is 0 Å². The van der Waals surface area contributed by atoms with E-state index in [-0.39, 0.29) is 18.3 Å². The zero-order valence-corrected chi connectivity index (χ0v) is 26.9. The Morgan fingerprint density at radius 1 is 0.870 bits per heavy atom. The predicted molar refractivity (Wildman–Crippen MR) is 152 cm³/mol. The fraction of sp³-hybridized carbons (Fsp3) is 0.788.